The number of anilines is 1. The zero-order valence-corrected chi connectivity index (χ0v) is 16.3. The normalized spacial score (nSPS) is 11.7. The smallest absolute Gasteiger partial charge is 0.261 e. The number of benzene rings is 3. The van der Waals surface area contributed by atoms with E-state index < -0.39 is 10.0 Å². The van der Waals surface area contributed by atoms with Crippen molar-refractivity contribution in [2.75, 3.05) is 4.72 Å². The highest BCUT2D eigenvalue weighted by molar-refractivity contribution is 7.92. The van der Waals surface area contributed by atoms with Crippen molar-refractivity contribution in [3.63, 3.8) is 0 Å². The van der Waals surface area contributed by atoms with Gasteiger partial charge in [0.25, 0.3) is 10.0 Å². The summed E-state index contributed by atoms with van der Waals surface area (Å²) in [5, 5.41) is 8.45. The topological polar surface area (TPSA) is 70.9 Å². The van der Waals surface area contributed by atoms with Gasteiger partial charge in [-0.1, -0.05) is 41.5 Å². The summed E-state index contributed by atoms with van der Waals surface area (Å²) in [5.74, 6) is 0. The van der Waals surface area contributed by atoms with E-state index in [1.165, 1.54) is 0 Å². The first-order chi connectivity index (χ1) is 12.8. The lowest BCUT2D eigenvalue weighted by atomic mass is 10.2. The van der Waals surface area contributed by atoms with Gasteiger partial charge in [0, 0.05) is 0 Å². The molecule has 0 spiro atoms. The number of nitrogens with one attached hydrogen (secondary N) is 1. The Morgan fingerprint density at radius 2 is 1.26 bits per heavy atom. The molecule has 0 fully saturated rings. The lowest BCUT2D eigenvalue weighted by molar-refractivity contribution is 0.601. The highest BCUT2D eigenvalue weighted by Crippen LogP contribution is 2.30. The number of aryl methyl sites for hydroxylation is 3. The SMILES string of the molecule is Cc1ccc(N=Nc2ccc(C)cc2NS(=O)(=O)c2ccc(C)cc2)cc1. The van der Waals surface area contributed by atoms with Gasteiger partial charge in [0.1, 0.15) is 5.69 Å². The molecule has 1 N–H and O–H groups in total. The van der Waals surface area contributed by atoms with E-state index in [1.54, 1.807) is 36.4 Å². The molecule has 3 aromatic carbocycles. The maximum absolute atomic E-state index is 12.7. The van der Waals surface area contributed by atoms with Gasteiger partial charge in [-0.25, -0.2) is 8.42 Å². The van der Waals surface area contributed by atoms with Crippen LogP contribution in [0.1, 0.15) is 16.7 Å². The van der Waals surface area contributed by atoms with Gasteiger partial charge in [-0.15, -0.1) is 5.11 Å². The van der Waals surface area contributed by atoms with Crippen LogP contribution in [0.4, 0.5) is 17.1 Å². The summed E-state index contributed by atoms with van der Waals surface area (Å²) in [6.07, 6.45) is 0. The Bertz CT molecular complexity index is 1070. The lowest BCUT2D eigenvalue weighted by Crippen LogP contribution is -2.13. The molecular weight excluding hydrogens is 358 g/mol. The van der Waals surface area contributed by atoms with Gasteiger partial charge in [0.2, 0.25) is 0 Å². The standard InChI is InChI=1S/C21H21N3O2S/c1-15-4-9-18(10-5-15)22-23-20-13-8-17(3)14-21(20)24-27(25,26)19-11-6-16(2)7-12-19/h4-14,24H,1-3H3. The average Bonchev–Trinajstić information content (AvgIpc) is 2.62. The van der Waals surface area contributed by atoms with Crippen LogP contribution in [0.3, 0.4) is 0 Å². The molecule has 0 aliphatic heterocycles. The van der Waals surface area contributed by atoms with Crippen molar-refractivity contribution in [3.8, 4) is 0 Å². The summed E-state index contributed by atoms with van der Waals surface area (Å²) < 4.78 is 28.0. The van der Waals surface area contributed by atoms with Crippen molar-refractivity contribution in [2.24, 2.45) is 10.2 Å². The first-order valence-corrected chi connectivity index (χ1v) is 10.0. The number of azo groups is 1. The third-order valence-electron chi connectivity index (χ3n) is 4.03. The first kappa shape index (κ1) is 18.8. The molecule has 0 atom stereocenters. The van der Waals surface area contributed by atoms with Crippen LogP contribution < -0.4 is 4.72 Å². The van der Waals surface area contributed by atoms with E-state index in [-0.39, 0.29) is 4.90 Å². The van der Waals surface area contributed by atoms with Crippen LogP contribution in [0.25, 0.3) is 0 Å². The molecular formula is C21H21N3O2S. The third kappa shape index (κ3) is 4.80. The largest absolute Gasteiger partial charge is 0.277 e. The Kier molecular flexibility index (Phi) is 5.37. The number of rotatable bonds is 5. The predicted molar refractivity (Wildman–Crippen MR) is 109 cm³/mol. The van der Waals surface area contributed by atoms with Crippen molar-refractivity contribution >= 4 is 27.1 Å². The molecule has 0 saturated carbocycles. The van der Waals surface area contributed by atoms with Crippen LogP contribution in [0.5, 0.6) is 0 Å². The van der Waals surface area contributed by atoms with Crippen molar-refractivity contribution in [1.82, 2.24) is 0 Å². The van der Waals surface area contributed by atoms with E-state index in [0.717, 1.165) is 16.7 Å². The average molecular weight is 379 g/mol. The number of sulfonamides is 1. The molecule has 6 heteroatoms. The molecule has 0 aliphatic carbocycles. The fourth-order valence-corrected chi connectivity index (χ4v) is 3.53. The molecule has 5 nitrogen and oxygen atoms in total. The van der Waals surface area contributed by atoms with Crippen LogP contribution in [-0.4, -0.2) is 8.42 Å². The van der Waals surface area contributed by atoms with E-state index >= 15 is 0 Å². The minimum atomic E-state index is -3.71. The van der Waals surface area contributed by atoms with Gasteiger partial charge < -0.3 is 0 Å². The quantitative estimate of drug-likeness (QED) is 0.567. The van der Waals surface area contributed by atoms with Gasteiger partial charge in [-0.05, 0) is 62.7 Å². The summed E-state index contributed by atoms with van der Waals surface area (Å²) in [4.78, 5) is 0.205. The van der Waals surface area contributed by atoms with E-state index in [2.05, 4.69) is 15.0 Å². The van der Waals surface area contributed by atoms with Crippen LogP contribution in [0.15, 0.2) is 81.9 Å². The van der Waals surface area contributed by atoms with Crippen LogP contribution >= 0.6 is 0 Å². The summed E-state index contributed by atoms with van der Waals surface area (Å²) in [6.45, 7) is 5.80. The first-order valence-electron chi connectivity index (χ1n) is 8.52. The van der Waals surface area contributed by atoms with Crippen LogP contribution in [-0.2, 0) is 10.0 Å². The summed E-state index contributed by atoms with van der Waals surface area (Å²) >= 11 is 0. The summed E-state index contributed by atoms with van der Waals surface area (Å²) in [7, 11) is -3.71. The van der Waals surface area contributed by atoms with Crippen molar-refractivity contribution in [3.05, 3.63) is 83.4 Å². The monoisotopic (exact) mass is 379 g/mol. The molecule has 0 aromatic heterocycles. The van der Waals surface area contributed by atoms with Crippen molar-refractivity contribution in [1.29, 1.82) is 0 Å². The zero-order valence-electron chi connectivity index (χ0n) is 15.5. The minimum absolute atomic E-state index is 0.205. The third-order valence-corrected chi connectivity index (χ3v) is 5.42. The Hall–Kier alpha value is -2.99. The van der Waals surface area contributed by atoms with Gasteiger partial charge in [-0.3, -0.25) is 4.72 Å². The lowest BCUT2D eigenvalue weighted by Gasteiger charge is -2.11. The molecule has 0 saturated heterocycles. The molecule has 27 heavy (non-hydrogen) atoms. The molecule has 3 aromatic rings. The van der Waals surface area contributed by atoms with Gasteiger partial charge >= 0.3 is 0 Å². The predicted octanol–water partition coefficient (Wildman–Crippen LogP) is 5.83. The highest BCUT2D eigenvalue weighted by Gasteiger charge is 2.16. The van der Waals surface area contributed by atoms with E-state index in [4.69, 9.17) is 0 Å². The second-order valence-electron chi connectivity index (χ2n) is 6.47. The van der Waals surface area contributed by atoms with E-state index in [1.807, 2.05) is 51.1 Å². The second kappa shape index (κ2) is 7.72. The van der Waals surface area contributed by atoms with Gasteiger partial charge in [0.05, 0.1) is 16.3 Å². The molecule has 0 aliphatic rings. The van der Waals surface area contributed by atoms with Crippen LogP contribution in [0.2, 0.25) is 0 Å². The van der Waals surface area contributed by atoms with Crippen LogP contribution in [0, 0.1) is 20.8 Å². The fourth-order valence-electron chi connectivity index (χ4n) is 2.46. The number of hydrogen-bond acceptors (Lipinski definition) is 4. The second-order valence-corrected chi connectivity index (χ2v) is 8.16. The molecule has 0 heterocycles. The van der Waals surface area contributed by atoms with E-state index in [0.29, 0.717) is 17.1 Å². The van der Waals surface area contributed by atoms with Crippen molar-refractivity contribution < 1.29 is 8.42 Å². The van der Waals surface area contributed by atoms with Crippen molar-refractivity contribution in [2.45, 2.75) is 25.7 Å². The molecule has 0 radical (unpaired) electrons. The summed E-state index contributed by atoms with van der Waals surface area (Å²) in [6, 6.07) is 19.7. The molecule has 0 bridgehead atoms. The number of nitrogens with zero attached hydrogens (tertiary/aromatic N) is 2. The van der Waals surface area contributed by atoms with E-state index in [9.17, 15) is 8.42 Å². The summed E-state index contributed by atoms with van der Waals surface area (Å²) in [5.41, 5.74) is 4.61. The molecule has 138 valence electrons. The molecule has 0 amide bonds. The maximum Gasteiger partial charge on any atom is 0.261 e. The maximum atomic E-state index is 12.7. The molecule has 3 rings (SSSR count). The fraction of sp³-hybridized carbons (Fsp3) is 0.143. The Labute approximate surface area is 159 Å². The minimum Gasteiger partial charge on any atom is -0.277 e. The Balaban J connectivity index is 1.92. The Morgan fingerprint density at radius 3 is 1.89 bits per heavy atom. The zero-order chi connectivity index (χ0) is 19.4. The number of hydrogen-bond donors (Lipinski definition) is 1. The molecule has 0 unspecified atom stereocenters. The highest BCUT2D eigenvalue weighted by atomic mass is 32.2. The van der Waals surface area contributed by atoms with Gasteiger partial charge in [0.15, 0.2) is 0 Å². The Morgan fingerprint density at radius 1 is 0.704 bits per heavy atom. The van der Waals surface area contributed by atoms with Gasteiger partial charge in [-0.2, -0.15) is 5.11 Å².